The van der Waals surface area contributed by atoms with Gasteiger partial charge in [0, 0.05) is 43.5 Å². The highest BCUT2D eigenvalue weighted by Crippen LogP contribution is 2.24. The molecule has 1 saturated heterocycles. The van der Waals surface area contributed by atoms with E-state index in [9.17, 15) is 9.59 Å². The summed E-state index contributed by atoms with van der Waals surface area (Å²) in [4.78, 5) is 29.3. The molecule has 0 unspecified atom stereocenters. The van der Waals surface area contributed by atoms with Crippen molar-refractivity contribution in [3.05, 3.63) is 53.1 Å². The van der Waals surface area contributed by atoms with Crippen LogP contribution in [0, 0.1) is 13.8 Å². The predicted octanol–water partition coefficient (Wildman–Crippen LogP) is 2.72. The summed E-state index contributed by atoms with van der Waals surface area (Å²) in [6.07, 6.45) is 0. The Morgan fingerprint density at radius 2 is 1.50 bits per heavy atom. The first-order chi connectivity index (χ1) is 14.4. The van der Waals surface area contributed by atoms with Crippen LogP contribution in [0.4, 0.5) is 5.69 Å². The summed E-state index contributed by atoms with van der Waals surface area (Å²) in [5.41, 5.74) is 3.51. The third-order valence-corrected chi connectivity index (χ3v) is 5.37. The Morgan fingerprint density at radius 1 is 0.933 bits per heavy atom. The molecule has 7 heteroatoms. The number of aryl methyl sites for hydroxylation is 2. The smallest absolute Gasteiger partial charge is 0.254 e. The molecule has 3 rings (SSSR count). The highest BCUT2D eigenvalue weighted by molar-refractivity contribution is 5.95. The zero-order valence-corrected chi connectivity index (χ0v) is 18.0. The molecule has 7 nitrogen and oxygen atoms in total. The minimum atomic E-state index is -0.0631. The third-order valence-electron chi connectivity index (χ3n) is 5.37. The standard InChI is InChI=1S/C23H29N3O4/c1-16-6-5-7-17(2)22(16)24-21(27)15-25-8-10-26(11-9-25)23(28)18-12-19(29-3)14-20(13-18)30-4/h5-7,12-14H,8-11,15H2,1-4H3,(H,24,27). The molecule has 30 heavy (non-hydrogen) atoms. The maximum absolute atomic E-state index is 12.9. The van der Waals surface area contributed by atoms with Gasteiger partial charge in [0.2, 0.25) is 5.91 Å². The Bertz CT molecular complexity index is 878. The summed E-state index contributed by atoms with van der Waals surface area (Å²) in [5.74, 6) is 1.07. The number of para-hydroxylation sites is 1. The second-order valence-electron chi connectivity index (χ2n) is 7.48. The van der Waals surface area contributed by atoms with E-state index in [0.29, 0.717) is 49.8 Å². The van der Waals surface area contributed by atoms with Gasteiger partial charge in [0.15, 0.2) is 0 Å². The third kappa shape index (κ3) is 5.10. The van der Waals surface area contributed by atoms with Gasteiger partial charge in [-0.25, -0.2) is 0 Å². The number of amides is 2. The minimum absolute atomic E-state index is 0.0373. The average Bonchev–Trinajstić information content (AvgIpc) is 2.76. The van der Waals surface area contributed by atoms with Crippen LogP contribution in [0.25, 0.3) is 0 Å². The predicted molar refractivity (Wildman–Crippen MR) is 116 cm³/mol. The van der Waals surface area contributed by atoms with E-state index in [2.05, 4.69) is 10.2 Å². The van der Waals surface area contributed by atoms with Gasteiger partial charge in [0.1, 0.15) is 11.5 Å². The molecule has 0 atom stereocenters. The summed E-state index contributed by atoms with van der Waals surface area (Å²) in [5, 5.41) is 3.02. The van der Waals surface area contributed by atoms with Crippen LogP contribution in [0.15, 0.2) is 36.4 Å². The Morgan fingerprint density at radius 3 is 2.03 bits per heavy atom. The molecule has 1 fully saturated rings. The van der Waals surface area contributed by atoms with Crippen LogP contribution in [0.5, 0.6) is 11.5 Å². The molecule has 1 aliphatic rings. The van der Waals surface area contributed by atoms with Gasteiger partial charge in [0.05, 0.1) is 20.8 Å². The Kier molecular flexibility index (Phi) is 6.95. The van der Waals surface area contributed by atoms with E-state index in [0.717, 1.165) is 16.8 Å². The zero-order valence-electron chi connectivity index (χ0n) is 18.0. The number of carbonyl (C=O) groups excluding carboxylic acids is 2. The van der Waals surface area contributed by atoms with Gasteiger partial charge in [-0.05, 0) is 37.1 Å². The molecular formula is C23H29N3O4. The van der Waals surface area contributed by atoms with Crippen LogP contribution >= 0.6 is 0 Å². The zero-order chi connectivity index (χ0) is 21.7. The lowest BCUT2D eigenvalue weighted by Crippen LogP contribution is -2.50. The number of hydrogen-bond donors (Lipinski definition) is 1. The minimum Gasteiger partial charge on any atom is -0.497 e. The highest BCUT2D eigenvalue weighted by atomic mass is 16.5. The average molecular weight is 412 g/mol. The normalized spacial score (nSPS) is 14.3. The van der Waals surface area contributed by atoms with Crippen LogP contribution < -0.4 is 14.8 Å². The van der Waals surface area contributed by atoms with E-state index < -0.39 is 0 Å². The second-order valence-corrected chi connectivity index (χ2v) is 7.48. The van der Waals surface area contributed by atoms with Gasteiger partial charge < -0.3 is 19.7 Å². The number of nitrogens with zero attached hydrogens (tertiary/aromatic N) is 2. The number of hydrogen-bond acceptors (Lipinski definition) is 5. The topological polar surface area (TPSA) is 71.1 Å². The lowest BCUT2D eigenvalue weighted by molar-refractivity contribution is -0.117. The van der Waals surface area contributed by atoms with Crippen molar-refractivity contribution in [2.75, 3.05) is 52.3 Å². The molecule has 0 spiro atoms. The number of ether oxygens (including phenoxy) is 2. The molecule has 0 radical (unpaired) electrons. The first-order valence-corrected chi connectivity index (χ1v) is 10.0. The molecule has 2 aromatic rings. The van der Waals surface area contributed by atoms with E-state index in [-0.39, 0.29) is 11.8 Å². The Balaban J connectivity index is 1.56. The largest absolute Gasteiger partial charge is 0.497 e. The van der Waals surface area contributed by atoms with Gasteiger partial charge in [-0.1, -0.05) is 18.2 Å². The molecule has 0 saturated carbocycles. The first kappa shape index (κ1) is 21.6. The fourth-order valence-corrected chi connectivity index (χ4v) is 3.62. The molecule has 0 aliphatic carbocycles. The molecule has 0 aromatic heterocycles. The van der Waals surface area contributed by atoms with Gasteiger partial charge in [0.25, 0.3) is 5.91 Å². The number of anilines is 1. The van der Waals surface area contributed by atoms with Crippen LogP contribution in [0.3, 0.4) is 0 Å². The van der Waals surface area contributed by atoms with Crippen LogP contribution in [-0.2, 0) is 4.79 Å². The SMILES string of the molecule is COc1cc(OC)cc(C(=O)N2CCN(CC(=O)Nc3c(C)cccc3C)CC2)c1. The molecule has 1 N–H and O–H groups in total. The van der Waals surface area contributed by atoms with Crippen molar-refractivity contribution in [2.45, 2.75) is 13.8 Å². The van der Waals surface area contributed by atoms with Gasteiger partial charge in [-0.2, -0.15) is 0 Å². The lowest BCUT2D eigenvalue weighted by Gasteiger charge is -2.34. The summed E-state index contributed by atoms with van der Waals surface area (Å²) in [6, 6.07) is 11.1. The summed E-state index contributed by atoms with van der Waals surface area (Å²) in [6.45, 7) is 6.70. The van der Waals surface area contributed by atoms with Gasteiger partial charge in [-0.15, -0.1) is 0 Å². The summed E-state index contributed by atoms with van der Waals surface area (Å²) >= 11 is 0. The Labute approximate surface area is 177 Å². The molecule has 1 aliphatic heterocycles. The fraction of sp³-hybridized carbons (Fsp3) is 0.391. The molecule has 0 bridgehead atoms. The van der Waals surface area contributed by atoms with E-state index >= 15 is 0 Å². The van der Waals surface area contributed by atoms with Crippen molar-refractivity contribution in [2.24, 2.45) is 0 Å². The summed E-state index contributed by atoms with van der Waals surface area (Å²) in [7, 11) is 3.12. The van der Waals surface area contributed by atoms with E-state index in [1.807, 2.05) is 32.0 Å². The second kappa shape index (κ2) is 9.63. The quantitative estimate of drug-likeness (QED) is 0.792. The van der Waals surface area contributed by atoms with Gasteiger partial charge >= 0.3 is 0 Å². The number of carbonyl (C=O) groups is 2. The Hall–Kier alpha value is -3.06. The number of methoxy groups -OCH3 is 2. The number of rotatable bonds is 6. The van der Waals surface area contributed by atoms with Crippen molar-refractivity contribution < 1.29 is 19.1 Å². The molecule has 2 amide bonds. The summed E-state index contributed by atoms with van der Waals surface area (Å²) < 4.78 is 10.5. The lowest BCUT2D eigenvalue weighted by atomic mass is 10.1. The maximum Gasteiger partial charge on any atom is 0.254 e. The number of piperazine rings is 1. The van der Waals surface area contributed by atoms with Crippen molar-refractivity contribution in [3.8, 4) is 11.5 Å². The van der Waals surface area contributed by atoms with Crippen LogP contribution in [0.1, 0.15) is 21.5 Å². The van der Waals surface area contributed by atoms with Gasteiger partial charge in [-0.3, -0.25) is 14.5 Å². The van der Waals surface area contributed by atoms with Crippen molar-refractivity contribution in [1.29, 1.82) is 0 Å². The molecule has 1 heterocycles. The molecule has 2 aromatic carbocycles. The first-order valence-electron chi connectivity index (χ1n) is 10.0. The fourth-order valence-electron chi connectivity index (χ4n) is 3.62. The number of benzene rings is 2. The molecular weight excluding hydrogens is 382 g/mol. The van der Waals surface area contributed by atoms with Crippen molar-refractivity contribution in [3.63, 3.8) is 0 Å². The number of nitrogens with one attached hydrogen (secondary N) is 1. The van der Waals surface area contributed by atoms with E-state index in [4.69, 9.17) is 9.47 Å². The van der Waals surface area contributed by atoms with Crippen LogP contribution in [0.2, 0.25) is 0 Å². The van der Waals surface area contributed by atoms with E-state index in [1.165, 1.54) is 0 Å². The maximum atomic E-state index is 12.9. The van der Waals surface area contributed by atoms with Crippen molar-refractivity contribution >= 4 is 17.5 Å². The van der Waals surface area contributed by atoms with Crippen LogP contribution in [-0.4, -0.2) is 68.6 Å². The van der Waals surface area contributed by atoms with Crippen molar-refractivity contribution in [1.82, 2.24) is 9.80 Å². The molecule has 160 valence electrons. The highest BCUT2D eigenvalue weighted by Gasteiger charge is 2.24. The van der Waals surface area contributed by atoms with E-state index in [1.54, 1.807) is 37.3 Å². The monoisotopic (exact) mass is 411 g/mol.